The highest BCUT2D eigenvalue weighted by Crippen LogP contribution is 2.46. The Morgan fingerprint density at radius 2 is 0.324 bits per heavy atom. The van der Waals surface area contributed by atoms with E-state index in [4.69, 9.17) is 0 Å². The molecule has 694 valence electrons. The maximum Gasteiger partial charge on any atom is 0.0542 e. The predicted molar refractivity (Wildman–Crippen MR) is 618 cm³/mol. The molecule has 0 spiro atoms. The molecule has 0 saturated carbocycles. The van der Waals surface area contributed by atoms with Crippen LogP contribution in [0.2, 0.25) is 0 Å². The van der Waals surface area contributed by atoms with E-state index in [1.54, 1.807) is 0 Å². The van der Waals surface area contributed by atoms with E-state index in [1.165, 1.54) is 216 Å². The van der Waals surface area contributed by atoms with Crippen molar-refractivity contribution in [2.24, 2.45) is 0 Å². The second-order valence-electron chi connectivity index (χ2n) is 37.1. The van der Waals surface area contributed by atoms with E-state index in [1.807, 2.05) is 0 Å². The van der Waals surface area contributed by atoms with Gasteiger partial charge in [0.2, 0.25) is 0 Å². The molecule has 0 radical (unpaired) electrons. The van der Waals surface area contributed by atoms with Crippen LogP contribution in [0.3, 0.4) is 0 Å². The van der Waals surface area contributed by atoms with Gasteiger partial charge in [0.25, 0.3) is 0 Å². The van der Waals surface area contributed by atoms with Gasteiger partial charge in [0.15, 0.2) is 0 Å². The molecule has 145 heavy (non-hydrogen) atoms. The number of hydrogen-bond acceptors (Lipinski definition) is 4. The quantitative estimate of drug-likeness (QED) is 0.0857. The molecule has 8 heteroatoms. The molecule has 4 heterocycles. The highest BCUT2D eigenvalue weighted by molar-refractivity contribution is 6.16. The van der Waals surface area contributed by atoms with Crippen molar-refractivity contribution in [2.45, 2.75) is 6.92 Å². The maximum absolute atomic E-state index is 2.38. The molecular weight excluding hydrogens is 1760 g/mol. The summed E-state index contributed by atoms with van der Waals surface area (Å²) in [5, 5.41) is 10.1. The van der Waals surface area contributed by atoms with E-state index >= 15 is 0 Å². The second-order valence-corrected chi connectivity index (χ2v) is 37.1. The largest absolute Gasteiger partial charge is 0.345 e. The Morgan fingerprint density at radius 1 is 0.131 bits per heavy atom. The summed E-state index contributed by atoms with van der Waals surface area (Å²) in [4.78, 5) is 8.98. The molecule has 0 aliphatic carbocycles. The van der Waals surface area contributed by atoms with Crippen LogP contribution in [0.4, 0.5) is 45.5 Å². The third-order valence-electron chi connectivity index (χ3n) is 28.3. The number of benzene rings is 22. The van der Waals surface area contributed by atoms with Crippen molar-refractivity contribution in [2.75, 3.05) is 47.8 Å². The zero-order valence-corrected chi connectivity index (χ0v) is 81.6. The summed E-state index contributed by atoms with van der Waals surface area (Å²) in [5.74, 6) is 0. The van der Waals surface area contributed by atoms with Crippen molar-refractivity contribution in [3.05, 3.63) is 558 Å². The SMILES string of the molecule is CN(c1ccccc1)c1ccc2c(c1)c1cc(-c3ccc(-c4ccccc4)cc3)ccc1n2-c1ccccc1.CN(c1ccccc1)c1ccc2c(c1)c1cc(-c3cccc(-c4ccccc4)c3)ccc1n2-c1ccccc1.CN(c1ccccc1)c1ccc2c(c1)c1cc(-c3ccccc3-c3ccccc3)ccc1n2-c1ccccc1.Cc1ccc2c(c1)c1cc(N(C)c3ccccc3)ccc1n2-c1ccccc1. The number of anilines is 8. The molecule has 0 N–H and O–H groups in total. The first-order chi connectivity index (χ1) is 71.5. The van der Waals surface area contributed by atoms with Gasteiger partial charge in [-0.15, -0.1) is 0 Å². The molecule has 8 nitrogen and oxygen atoms in total. The van der Waals surface area contributed by atoms with Gasteiger partial charge in [-0.2, -0.15) is 0 Å². The van der Waals surface area contributed by atoms with Crippen LogP contribution < -0.4 is 19.6 Å². The van der Waals surface area contributed by atoms with Crippen molar-refractivity contribution >= 4 is 133 Å². The Kier molecular flexibility index (Phi) is 25.0. The van der Waals surface area contributed by atoms with Crippen molar-refractivity contribution < 1.29 is 0 Å². The standard InChI is InChI=1S/3C37H28N2.C26H22N2/c1-38(29-15-7-3-8-16-29)31-22-24-37-35(26-31)34-25-28(21-23-36(34)39(37)30-17-9-4-10-18-30)33-20-12-11-19-32(33)27-13-5-2-6-14-27;1-38(31-16-7-3-8-17-31)33-21-23-37-35(26-33)34-25-30(20-22-36(34)39(37)32-18-9-4-10-19-32)29-15-11-14-28(24-29)27-12-5-2-6-13-27;1-38(31-13-7-3-8-14-31)33-22-24-37-35(26-33)34-25-30(21-23-36(34)39(37)32-15-9-4-10-16-32)29-19-17-28(18-20-29)27-11-5-2-6-12-27;1-19-13-15-25-23(17-19)24-18-22(27(2)20-9-5-3-6-10-20)14-16-26(24)28(25)21-11-7-4-8-12-21/h3*2-26H,1H3;3-18H,1-2H3. The zero-order chi connectivity index (χ0) is 97.6. The van der Waals surface area contributed by atoms with Crippen molar-refractivity contribution in [1.29, 1.82) is 0 Å². The van der Waals surface area contributed by atoms with E-state index in [0.717, 1.165) is 11.4 Å². The van der Waals surface area contributed by atoms with Crippen LogP contribution >= 0.6 is 0 Å². The molecule has 0 aliphatic rings. The van der Waals surface area contributed by atoms with Gasteiger partial charge >= 0.3 is 0 Å². The Bertz CT molecular complexity index is 9070. The summed E-state index contributed by atoms with van der Waals surface area (Å²) in [6.45, 7) is 2.16. The predicted octanol–water partition coefficient (Wildman–Crippen LogP) is 36.5. The van der Waals surface area contributed by atoms with Gasteiger partial charge in [0.05, 0.1) is 44.1 Å². The summed E-state index contributed by atoms with van der Waals surface area (Å²) < 4.78 is 9.49. The molecule has 0 fully saturated rings. The maximum atomic E-state index is 2.38. The fraction of sp³-hybridized carbons (Fsp3) is 0.0365. The van der Waals surface area contributed by atoms with E-state index in [9.17, 15) is 0 Å². The van der Waals surface area contributed by atoms with E-state index in [2.05, 4.69) is 625 Å². The lowest BCUT2D eigenvalue weighted by Crippen LogP contribution is -2.08. The molecule has 0 saturated heterocycles. The van der Waals surface area contributed by atoms with E-state index < -0.39 is 0 Å². The smallest absolute Gasteiger partial charge is 0.0542 e. The van der Waals surface area contributed by atoms with Crippen LogP contribution in [0.25, 0.3) is 177 Å². The van der Waals surface area contributed by atoms with Crippen LogP contribution in [0.1, 0.15) is 5.56 Å². The number of hydrogen-bond donors (Lipinski definition) is 0. The Morgan fingerprint density at radius 3 is 0.648 bits per heavy atom. The van der Waals surface area contributed by atoms with Gasteiger partial charge in [0, 0.05) is 140 Å². The van der Waals surface area contributed by atoms with Crippen LogP contribution in [0.5, 0.6) is 0 Å². The Hall–Kier alpha value is -18.8. The average molecular weight is 1860 g/mol. The van der Waals surface area contributed by atoms with Gasteiger partial charge in [-0.3, -0.25) is 0 Å². The molecule has 4 aromatic heterocycles. The number of nitrogens with zero attached hydrogens (tertiary/aromatic N) is 8. The molecular formula is C137H106N8. The van der Waals surface area contributed by atoms with Crippen molar-refractivity contribution in [3.63, 3.8) is 0 Å². The summed E-state index contributed by atoms with van der Waals surface area (Å²) >= 11 is 0. The number of aryl methyl sites for hydroxylation is 1. The zero-order valence-electron chi connectivity index (χ0n) is 81.6. The Balaban J connectivity index is 0.000000108. The average Bonchev–Trinajstić information content (AvgIpc) is 1.60. The van der Waals surface area contributed by atoms with E-state index in [-0.39, 0.29) is 0 Å². The minimum Gasteiger partial charge on any atom is -0.345 e. The number of aromatic nitrogens is 4. The van der Waals surface area contributed by atoms with Crippen molar-refractivity contribution in [1.82, 2.24) is 18.3 Å². The van der Waals surface area contributed by atoms with Crippen LogP contribution in [0, 0.1) is 6.92 Å². The van der Waals surface area contributed by atoms with Gasteiger partial charge in [-0.25, -0.2) is 0 Å². The van der Waals surface area contributed by atoms with Gasteiger partial charge in [-0.05, 0) is 298 Å². The lowest BCUT2D eigenvalue weighted by Gasteiger charge is -2.19. The molecule has 0 unspecified atom stereocenters. The van der Waals surface area contributed by atoms with Crippen LogP contribution in [-0.2, 0) is 0 Å². The summed E-state index contributed by atoms with van der Waals surface area (Å²) in [7, 11) is 8.52. The van der Waals surface area contributed by atoms with Gasteiger partial charge in [-0.1, -0.05) is 333 Å². The molecule has 26 rings (SSSR count). The fourth-order valence-electron chi connectivity index (χ4n) is 20.7. The second kappa shape index (κ2) is 40.2. The van der Waals surface area contributed by atoms with Crippen LogP contribution in [0.15, 0.2) is 552 Å². The van der Waals surface area contributed by atoms with Crippen molar-refractivity contribution in [3.8, 4) is 89.5 Å². The van der Waals surface area contributed by atoms with E-state index in [0.29, 0.717) is 0 Å². The molecule has 26 aromatic rings. The number of rotatable bonds is 18. The lowest BCUT2D eigenvalue weighted by atomic mass is 9.94. The summed E-state index contributed by atoms with van der Waals surface area (Å²) in [6, 6.07) is 197. The molecule has 0 bridgehead atoms. The topological polar surface area (TPSA) is 32.7 Å². The highest BCUT2D eigenvalue weighted by atomic mass is 15.1. The normalized spacial score (nSPS) is 11.2. The number of fused-ring (bicyclic) bond motifs is 12. The highest BCUT2D eigenvalue weighted by Gasteiger charge is 2.23. The summed E-state index contributed by atoms with van der Waals surface area (Å²) in [6.07, 6.45) is 0. The first-order valence-corrected chi connectivity index (χ1v) is 49.7. The molecule has 0 aliphatic heterocycles. The first-order valence-electron chi connectivity index (χ1n) is 49.7. The Labute approximate surface area is 846 Å². The van der Waals surface area contributed by atoms with Gasteiger partial charge in [0.1, 0.15) is 0 Å². The minimum atomic E-state index is 1.16. The molecule has 22 aromatic carbocycles. The van der Waals surface area contributed by atoms with Gasteiger partial charge < -0.3 is 37.9 Å². The first kappa shape index (κ1) is 90.1. The van der Waals surface area contributed by atoms with Crippen LogP contribution in [-0.4, -0.2) is 46.5 Å². The number of para-hydroxylation sites is 8. The monoisotopic (exact) mass is 1860 g/mol. The third kappa shape index (κ3) is 18.1. The molecule has 0 amide bonds. The summed E-state index contributed by atoms with van der Waals surface area (Å²) in [5.41, 5.74) is 39.8. The molecule has 0 atom stereocenters. The lowest BCUT2D eigenvalue weighted by molar-refractivity contribution is 1.17. The third-order valence-corrected chi connectivity index (χ3v) is 28.3. The minimum absolute atomic E-state index is 1.16. The fourth-order valence-corrected chi connectivity index (χ4v) is 20.7.